The molecule has 0 radical (unpaired) electrons. The highest BCUT2D eigenvalue weighted by Crippen LogP contribution is 2.38. The van der Waals surface area contributed by atoms with Gasteiger partial charge in [-0.15, -0.1) is 6.58 Å². The molecule has 29 heavy (non-hydrogen) atoms. The highest BCUT2D eigenvalue weighted by atomic mass is 32.2. The van der Waals surface area contributed by atoms with E-state index >= 15 is 0 Å². The lowest BCUT2D eigenvalue weighted by Gasteiger charge is -2.20. The van der Waals surface area contributed by atoms with Crippen LogP contribution in [0.3, 0.4) is 0 Å². The maximum atomic E-state index is 12.6. The molecule has 1 saturated carbocycles. The molecule has 1 aromatic carbocycles. The van der Waals surface area contributed by atoms with E-state index in [0.29, 0.717) is 18.9 Å². The number of nitrogens with zero attached hydrogens (tertiary/aromatic N) is 1. The first kappa shape index (κ1) is 21.6. The van der Waals surface area contributed by atoms with Gasteiger partial charge in [-0.1, -0.05) is 78.8 Å². The summed E-state index contributed by atoms with van der Waals surface area (Å²) in [4.78, 5) is 29.2. The van der Waals surface area contributed by atoms with E-state index in [4.69, 9.17) is 4.98 Å². The Bertz CT molecular complexity index is 830. The number of anilines is 1. The van der Waals surface area contributed by atoms with Gasteiger partial charge in [-0.25, -0.2) is 4.98 Å². The van der Waals surface area contributed by atoms with Gasteiger partial charge >= 0.3 is 0 Å². The molecule has 154 valence electrons. The third kappa shape index (κ3) is 6.72. The molecule has 0 aliphatic heterocycles. The molecule has 0 saturated heterocycles. The molecule has 3 rings (SSSR count). The van der Waals surface area contributed by atoms with Crippen LogP contribution in [0.5, 0.6) is 0 Å². The van der Waals surface area contributed by atoms with Gasteiger partial charge in [0, 0.05) is 18.5 Å². The summed E-state index contributed by atoms with van der Waals surface area (Å²) < 4.78 is 0.769. The highest BCUT2D eigenvalue weighted by molar-refractivity contribution is 8.01. The molecule has 2 aromatic rings. The van der Waals surface area contributed by atoms with Crippen LogP contribution in [0, 0.1) is 5.92 Å². The lowest BCUT2D eigenvalue weighted by Crippen LogP contribution is -2.24. The first-order valence-corrected chi connectivity index (χ1v) is 11.8. The minimum absolute atomic E-state index is 0.0537. The SMILES string of the molecule is C=CCNC(=O)CSc1nc(-c2ccccc2)c(NC(=O)CC2CCCCC2)s1. The van der Waals surface area contributed by atoms with Crippen molar-refractivity contribution in [2.45, 2.75) is 42.9 Å². The molecule has 2 amide bonds. The van der Waals surface area contributed by atoms with Crippen LogP contribution in [-0.2, 0) is 9.59 Å². The van der Waals surface area contributed by atoms with Crippen LogP contribution >= 0.6 is 23.1 Å². The number of thioether (sulfide) groups is 1. The number of hydrogen-bond donors (Lipinski definition) is 2. The van der Waals surface area contributed by atoms with Crippen LogP contribution < -0.4 is 10.6 Å². The number of amides is 2. The molecular formula is C22H27N3O2S2. The number of nitrogens with one attached hydrogen (secondary N) is 2. The molecular weight excluding hydrogens is 402 g/mol. The first-order valence-electron chi connectivity index (χ1n) is 10.0. The van der Waals surface area contributed by atoms with Crippen LogP contribution in [0.4, 0.5) is 5.00 Å². The summed E-state index contributed by atoms with van der Waals surface area (Å²) >= 11 is 2.81. The Labute approximate surface area is 180 Å². The lowest BCUT2D eigenvalue weighted by molar-refractivity contribution is -0.118. The van der Waals surface area contributed by atoms with Gasteiger partial charge < -0.3 is 10.6 Å². The van der Waals surface area contributed by atoms with E-state index in [1.165, 1.54) is 42.4 Å². The number of hydrogen-bond acceptors (Lipinski definition) is 5. The van der Waals surface area contributed by atoms with Crippen LogP contribution in [-0.4, -0.2) is 29.1 Å². The van der Waals surface area contributed by atoms with Crippen molar-refractivity contribution in [3.63, 3.8) is 0 Å². The van der Waals surface area contributed by atoms with E-state index in [9.17, 15) is 9.59 Å². The van der Waals surface area contributed by atoms with Crippen molar-refractivity contribution in [3.8, 4) is 11.3 Å². The van der Waals surface area contributed by atoms with Gasteiger partial charge in [0.2, 0.25) is 11.8 Å². The number of carbonyl (C=O) groups is 2. The second-order valence-corrected chi connectivity index (χ2v) is 9.38. The predicted molar refractivity (Wildman–Crippen MR) is 121 cm³/mol. The summed E-state index contributed by atoms with van der Waals surface area (Å²) in [7, 11) is 0. The summed E-state index contributed by atoms with van der Waals surface area (Å²) in [5.74, 6) is 0.761. The minimum atomic E-state index is -0.0609. The molecule has 0 unspecified atom stereocenters. The molecule has 1 heterocycles. The number of rotatable bonds is 9. The first-order chi connectivity index (χ1) is 14.2. The molecule has 0 bridgehead atoms. The smallest absolute Gasteiger partial charge is 0.230 e. The van der Waals surface area contributed by atoms with Gasteiger partial charge in [-0.2, -0.15) is 0 Å². The summed E-state index contributed by atoms with van der Waals surface area (Å²) in [6.07, 6.45) is 8.24. The van der Waals surface area contributed by atoms with Crippen molar-refractivity contribution in [1.82, 2.24) is 10.3 Å². The van der Waals surface area contributed by atoms with Crippen molar-refractivity contribution < 1.29 is 9.59 Å². The fourth-order valence-electron chi connectivity index (χ4n) is 3.43. The summed E-state index contributed by atoms with van der Waals surface area (Å²) in [6, 6.07) is 9.83. The van der Waals surface area contributed by atoms with Crippen LogP contribution in [0.2, 0.25) is 0 Å². The summed E-state index contributed by atoms with van der Waals surface area (Å²) in [5, 5.41) is 6.61. The standard InChI is InChI=1S/C22H27N3O2S2/c1-2-13-23-19(27)15-28-22-25-20(17-11-7-4-8-12-17)21(29-22)24-18(26)14-16-9-5-3-6-10-16/h2,4,7-8,11-12,16H,1,3,5-6,9-10,13-15H2,(H,23,27)(H,24,26). The average molecular weight is 430 g/mol. The van der Waals surface area contributed by atoms with E-state index in [-0.39, 0.29) is 17.6 Å². The monoisotopic (exact) mass is 429 g/mol. The van der Waals surface area contributed by atoms with Crippen molar-refractivity contribution in [2.75, 3.05) is 17.6 Å². The number of thiazole rings is 1. The molecule has 0 spiro atoms. The molecule has 1 aliphatic carbocycles. The Kier molecular flexibility index (Phi) is 8.31. The zero-order valence-electron chi connectivity index (χ0n) is 16.5. The van der Waals surface area contributed by atoms with Crippen molar-refractivity contribution in [2.24, 2.45) is 5.92 Å². The average Bonchev–Trinajstić information content (AvgIpc) is 3.14. The topological polar surface area (TPSA) is 71.1 Å². The third-order valence-corrected chi connectivity index (χ3v) is 6.99. The summed E-state index contributed by atoms with van der Waals surface area (Å²) in [5.41, 5.74) is 1.72. The van der Waals surface area contributed by atoms with Gasteiger partial charge in [0.25, 0.3) is 0 Å². The van der Waals surface area contributed by atoms with E-state index in [2.05, 4.69) is 17.2 Å². The summed E-state index contributed by atoms with van der Waals surface area (Å²) in [6.45, 7) is 4.05. The van der Waals surface area contributed by atoms with Crippen molar-refractivity contribution in [3.05, 3.63) is 43.0 Å². The van der Waals surface area contributed by atoms with Crippen LogP contribution in [0.25, 0.3) is 11.3 Å². The van der Waals surface area contributed by atoms with E-state index in [0.717, 1.165) is 33.4 Å². The van der Waals surface area contributed by atoms with Gasteiger partial charge in [0.05, 0.1) is 5.75 Å². The second-order valence-electron chi connectivity index (χ2n) is 7.16. The third-order valence-electron chi connectivity index (χ3n) is 4.88. The molecule has 0 atom stereocenters. The zero-order valence-corrected chi connectivity index (χ0v) is 18.1. The maximum Gasteiger partial charge on any atom is 0.230 e. The Morgan fingerprint density at radius 3 is 2.66 bits per heavy atom. The molecule has 1 aromatic heterocycles. The van der Waals surface area contributed by atoms with E-state index in [1.807, 2.05) is 30.3 Å². The van der Waals surface area contributed by atoms with Crippen LogP contribution in [0.1, 0.15) is 38.5 Å². The largest absolute Gasteiger partial charge is 0.352 e. The Hall–Kier alpha value is -2.12. The second kappa shape index (κ2) is 11.2. The normalized spacial score (nSPS) is 14.3. The van der Waals surface area contributed by atoms with Gasteiger partial charge in [0.15, 0.2) is 4.34 Å². The number of aromatic nitrogens is 1. The van der Waals surface area contributed by atoms with Crippen molar-refractivity contribution in [1.29, 1.82) is 0 Å². The predicted octanol–water partition coefficient (Wildman–Crippen LogP) is 5.11. The molecule has 1 fully saturated rings. The number of carbonyl (C=O) groups excluding carboxylic acids is 2. The molecule has 7 heteroatoms. The maximum absolute atomic E-state index is 12.6. The van der Waals surface area contributed by atoms with E-state index < -0.39 is 0 Å². The number of benzene rings is 1. The molecule has 1 aliphatic rings. The fourth-order valence-corrected chi connectivity index (χ4v) is 5.35. The minimum Gasteiger partial charge on any atom is -0.352 e. The fraction of sp³-hybridized carbons (Fsp3) is 0.409. The Balaban J connectivity index is 1.69. The van der Waals surface area contributed by atoms with Gasteiger partial charge in [0.1, 0.15) is 10.7 Å². The Morgan fingerprint density at radius 1 is 1.17 bits per heavy atom. The van der Waals surface area contributed by atoms with E-state index in [1.54, 1.807) is 6.08 Å². The van der Waals surface area contributed by atoms with Gasteiger partial charge in [-0.3, -0.25) is 9.59 Å². The molecule has 2 N–H and O–H groups in total. The lowest BCUT2D eigenvalue weighted by atomic mass is 9.87. The quantitative estimate of drug-likeness (QED) is 0.429. The zero-order chi connectivity index (χ0) is 20.5. The highest BCUT2D eigenvalue weighted by Gasteiger charge is 2.20. The van der Waals surface area contributed by atoms with Gasteiger partial charge in [-0.05, 0) is 18.8 Å². The van der Waals surface area contributed by atoms with Crippen LogP contribution in [0.15, 0.2) is 47.3 Å². The Morgan fingerprint density at radius 2 is 1.93 bits per heavy atom. The van der Waals surface area contributed by atoms with Crippen molar-refractivity contribution >= 4 is 39.9 Å². The molecule has 5 nitrogen and oxygen atoms in total.